The Morgan fingerprint density at radius 1 is 1.21 bits per heavy atom. The number of carbonyl (C=O) groups is 2. The standard InChI is InChI=1S/C22H21N3O3S/c1-22(2)16-11-14(9-10-18(16)25(3)20(22)27)17-13-29-21(23-17)24-19(26)12-28-15-7-5-4-6-8-15/h4-11,13H,12H2,1-3H3,(H,23,24,26). The maximum absolute atomic E-state index is 12.5. The van der Waals surface area contributed by atoms with Crippen molar-refractivity contribution in [2.24, 2.45) is 0 Å². The molecule has 29 heavy (non-hydrogen) atoms. The molecule has 0 bridgehead atoms. The predicted octanol–water partition coefficient (Wildman–Crippen LogP) is 4.08. The van der Waals surface area contributed by atoms with Gasteiger partial charge in [-0.3, -0.25) is 14.9 Å². The fourth-order valence-electron chi connectivity index (χ4n) is 3.42. The normalized spacial score (nSPS) is 14.6. The lowest BCUT2D eigenvalue weighted by Gasteiger charge is -2.16. The van der Waals surface area contributed by atoms with Crippen LogP contribution < -0.4 is 15.0 Å². The fraction of sp³-hybridized carbons (Fsp3) is 0.227. The lowest BCUT2D eigenvalue weighted by atomic mass is 9.85. The lowest BCUT2D eigenvalue weighted by Crippen LogP contribution is -2.33. The third-order valence-electron chi connectivity index (χ3n) is 5.03. The minimum atomic E-state index is -0.568. The first-order valence-electron chi connectivity index (χ1n) is 9.22. The molecule has 1 aliphatic rings. The van der Waals surface area contributed by atoms with Gasteiger partial charge in [0.25, 0.3) is 5.91 Å². The number of ether oxygens (including phenoxy) is 1. The molecule has 2 aromatic carbocycles. The van der Waals surface area contributed by atoms with Gasteiger partial charge >= 0.3 is 0 Å². The van der Waals surface area contributed by atoms with Crippen molar-refractivity contribution in [3.8, 4) is 17.0 Å². The van der Waals surface area contributed by atoms with E-state index in [0.717, 1.165) is 22.5 Å². The monoisotopic (exact) mass is 407 g/mol. The summed E-state index contributed by atoms with van der Waals surface area (Å²) in [6, 6.07) is 15.1. The van der Waals surface area contributed by atoms with Crippen LogP contribution in [0.25, 0.3) is 11.3 Å². The molecular weight excluding hydrogens is 386 g/mol. The number of nitrogens with one attached hydrogen (secondary N) is 1. The molecule has 0 radical (unpaired) electrons. The van der Waals surface area contributed by atoms with Crippen LogP contribution >= 0.6 is 11.3 Å². The third-order valence-corrected chi connectivity index (χ3v) is 5.79. The van der Waals surface area contributed by atoms with Crippen LogP contribution in [0.5, 0.6) is 5.75 Å². The Kier molecular flexibility index (Phi) is 4.84. The number of anilines is 2. The van der Waals surface area contributed by atoms with Gasteiger partial charge in [0.05, 0.1) is 11.1 Å². The second kappa shape index (κ2) is 7.33. The summed E-state index contributed by atoms with van der Waals surface area (Å²) in [5.74, 6) is 0.453. The minimum Gasteiger partial charge on any atom is -0.484 e. The van der Waals surface area contributed by atoms with Crippen molar-refractivity contribution in [3.05, 3.63) is 59.5 Å². The molecule has 0 atom stereocenters. The molecule has 1 N–H and O–H groups in total. The van der Waals surface area contributed by atoms with Gasteiger partial charge in [0, 0.05) is 23.7 Å². The lowest BCUT2D eigenvalue weighted by molar-refractivity contribution is -0.121. The maximum atomic E-state index is 12.5. The van der Waals surface area contributed by atoms with E-state index in [9.17, 15) is 9.59 Å². The zero-order valence-corrected chi connectivity index (χ0v) is 17.2. The van der Waals surface area contributed by atoms with E-state index < -0.39 is 5.41 Å². The summed E-state index contributed by atoms with van der Waals surface area (Å²) in [6.07, 6.45) is 0. The molecule has 0 unspecified atom stereocenters. The fourth-order valence-corrected chi connectivity index (χ4v) is 4.15. The van der Waals surface area contributed by atoms with Gasteiger partial charge in [0.15, 0.2) is 11.7 Å². The number of carbonyl (C=O) groups excluding carboxylic acids is 2. The summed E-state index contributed by atoms with van der Waals surface area (Å²) in [5.41, 5.74) is 3.01. The van der Waals surface area contributed by atoms with Gasteiger partial charge < -0.3 is 9.64 Å². The quantitative estimate of drug-likeness (QED) is 0.692. The summed E-state index contributed by atoms with van der Waals surface area (Å²) < 4.78 is 5.45. The van der Waals surface area contributed by atoms with Crippen LogP contribution in [0.4, 0.5) is 10.8 Å². The van der Waals surface area contributed by atoms with Gasteiger partial charge in [0.2, 0.25) is 5.91 Å². The van der Waals surface area contributed by atoms with Gasteiger partial charge in [-0.25, -0.2) is 4.98 Å². The molecule has 2 heterocycles. The first-order valence-corrected chi connectivity index (χ1v) is 10.1. The highest BCUT2D eigenvalue weighted by Gasteiger charge is 2.42. The number of nitrogens with zero attached hydrogens (tertiary/aromatic N) is 2. The van der Waals surface area contributed by atoms with Crippen LogP contribution in [0, 0.1) is 0 Å². The summed E-state index contributed by atoms with van der Waals surface area (Å²) in [5, 5.41) is 5.17. The number of benzene rings is 2. The van der Waals surface area contributed by atoms with E-state index in [0.29, 0.717) is 10.9 Å². The van der Waals surface area contributed by atoms with Crippen LogP contribution in [0.1, 0.15) is 19.4 Å². The number of thiazole rings is 1. The molecular formula is C22H21N3O3S. The Hall–Kier alpha value is -3.19. The number of likely N-dealkylation sites (N-methyl/N-ethyl adjacent to an activating group) is 1. The Morgan fingerprint density at radius 2 is 1.97 bits per heavy atom. The Balaban J connectivity index is 1.47. The van der Waals surface area contributed by atoms with E-state index in [1.807, 2.05) is 55.6 Å². The van der Waals surface area contributed by atoms with Crippen molar-refractivity contribution in [1.82, 2.24) is 4.98 Å². The van der Waals surface area contributed by atoms with E-state index in [1.54, 1.807) is 24.1 Å². The molecule has 3 aromatic rings. The van der Waals surface area contributed by atoms with Crippen molar-refractivity contribution in [2.75, 3.05) is 23.9 Å². The number of amides is 2. The molecule has 6 nitrogen and oxygen atoms in total. The average molecular weight is 407 g/mol. The van der Waals surface area contributed by atoms with Gasteiger partial charge in [-0.1, -0.05) is 24.3 Å². The smallest absolute Gasteiger partial charge is 0.264 e. The Bertz CT molecular complexity index is 1080. The molecule has 0 spiro atoms. The Labute approximate surface area is 173 Å². The number of para-hydroxylation sites is 1. The summed E-state index contributed by atoms with van der Waals surface area (Å²) in [4.78, 5) is 30.8. The first kappa shape index (κ1) is 19.1. The third kappa shape index (κ3) is 3.61. The Morgan fingerprint density at radius 3 is 2.72 bits per heavy atom. The zero-order chi connectivity index (χ0) is 20.6. The molecule has 0 saturated heterocycles. The van der Waals surface area contributed by atoms with E-state index in [2.05, 4.69) is 10.3 Å². The van der Waals surface area contributed by atoms with Crippen molar-refractivity contribution < 1.29 is 14.3 Å². The molecule has 0 saturated carbocycles. The van der Waals surface area contributed by atoms with Crippen molar-refractivity contribution in [3.63, 3.8) is 0 Å². The van der Waals surface area contributed by atoms with Gasteiger partial charge in [-0.15, -0.1) is 11.3 Å². The summed E-state index contributed by atoms with van der Waals surface area (Å²) >= 11 is 1.35. The van der Waals surface area contributed by atoms with Crippen molar-refractivity contribution >= 4 is 34.0 Å². The topological polar surface area (TPSA) is 71.5 Å². The van der Waals surface area contributed by atoms with Gasteiger partial charge in [0.1, 0.15) is 5.75 Å². The number of rotatable bonds is 5. The average Bonchev–Trinajstić information content (AvgIpc) is 3.25. The molecule has 148 valence electrons. The van der Waals surface area contributed by atoms with Crippen LogP contribution in [0.15, 0.2) is 53.9 Å². The second-order valence-electron chi connectivity index (χ2n) is 7.41. The molecule has 7 heteroatoms. The molecule has 1 aliphatic heterocycles. The number of hydrogen-bond acceptors (Lipinski definition) is 5. The van der Waals surface area contributed by atoms with Crippen molar-refractivity contribution in [2.45, 2.75) is 19.3 Å². The van der Waals surface area contributed by atoms with Crippen molar-refractivity contribution in [1.29, 1.82) is 0 Å². The second-order valence-corrected chi connectivity index (χ2v) is 8.27. The first-order chi connectivity index (χ1) is 13.9. The molecule has 2 amide bonds. The highest BCUT2D eigenvalue weighted by Crippen LogP contribution is 2.42. The minimum absolute atomic E-state index is 0.0781. The van der Waals surface area contributed by atoms with Crippen LogP contribution in [0.2, 0.25) is 0 Å². The van der Waals surface area contributed by atoms with Crippen LogP contribution in [-0.4, -0.2) is 30.5 Å². The number of aromatic nitrogens is 1. The van der Waals surface area contributed by atoms with Gasteiger partial charge in [-0.2, -0.15) is 0 Å². The highest BCUT2D eigenvalue weighted by molar-refractivity contribution is 7.14. The largest absolute Gasteiger partial charge is 0.484 e. The van der Waals surface area contributed by atoms with Gasteiger partial charge in [-0.05, 0) is 43.7 Å². The zero-order valence-electron chi connectivity index (χ0n) is 16.4. The van der Waals surface area contributed by atoms with E-state index in [4.69, 9.17) is 4.74 Å². The van der Waals surface area contributed by atoms with E-state index in [1.165, 1.54) is 11.3 Å². The van der Waals surface area contributed by atoms with E-state index >= 15 is 0 Å². The number of fused-ring (bicyclic) bond motifs is 1. The molecule has 0 fully saturated rings. The number of hydrogen-bond donors (Lipinski definition) is 1. The SMILES string of the molecule is CN1C(=O)C(C)(C)c2cc(-c3csc(NC(=O)COc4ccccc4)n3)ccc21. The summed E-state index contributed by atoms with van der Waals surface area (Å²) in [6.45, 7) is 3.78. The molecule has 1 aromatic heterocycles. The van der Waals surface area contributed by atoms with E-state index in [-0.39, 0.29) is 18.4 Å². The van der Waals surface area contributed by atoms with Crippen LogP contribution in [-0.2, 0) is 15.0 Å². The summed E-state index contributed by atoms with van der Waals surface area (Å²) in [7, 11) is 1.80. The molecule has 4 rings (SSSR count). The predicted molar refractivity (Wildman–Crippen MR) is 115 cm³/mol. The maximum Gasteiger partial charge on any atom is 0.264 e. The van der Waals surface area contributed by atoms with Crippen LogP contribution in [0.3, 0.4) is 0 Å². The molecule has 0 aliphatic carbocycles. The highest BCUT2D eigenvalue weighted by atomic mass is 32.1.